The minimum atomic E-state index is -4.72. The summed E-state index contributed by atoms with van der Waals surface area (Å²) < 4.78 is 44.0. The van der Waals surface area contributed by atoms with Crippen molar-refractivity contribution in [2.24, 2.45) is 0 Å². The van der Waals surface area contributed by atoms with E-state index in [1.807, 2.05) is 0 Å². The lowest BCUT2D eigenvalue weighted by Crippen LogP contribution is -2.21. The molecule has 0 aliphatic rings. The largest absolute Gasteiger partial charge is 0.497 e. The maximum absolute atomic E-state index is 12.6. The number of amides is 1. The van der Waals surface area contributed by atoms with Crippen LogP contribution in [0.15, 0.2) is 23.4 Å². The lowest BCUT2D eigenvalue weighted by molar-refractivity contribution is -0.146. The SMILES string of the molecule is COc1ccc2nc(NC(=O)CSc3nnc(C(F)(F)F)n3N)sc2c1. The Hall–Kier alpha value is -2.54. The summed E-state index contributed by atoms with van der Waals surface area (Å²) >= 11 is 1.98. The Kier molecular flexibility index (Phi) is 4.91. The van der Waals surface area contributed by atoms with Crippen molar-refractivity contribution in [3.8, 4) is 5.75 Å². The second-order valence-corrected chi connectivity index (χ2v) is 6.84. The minimum absolute atomic E-state index is 0.202. The van der Waals surface area contributed by atoms with Gasteiger partial charge in [0.15, 0.2) is 5.13 Å². The fourth-order valence-corrected chi connectivity index (χ4v) is 3.51. The maximum Gasteiger partial charge on any atom is 0.453 e. The zero-order valence-corrected chi connectivity index (χ0v) is 14.7. The number of hydrogen-bond donors (Lipinski definition) is 2. The van der Waals surface area contributed by atoms with E-state index in [1.54, 1.807) is 25.3 Å². The number of hydrogen-bond acceptors (Lipinski definition) is 8. The van der Waals surface area contributed by atoms with Crippen LogP contribution in [-0.2, 0) is 11.0 Å². The molecule has 0 unspecified atom stereocenters. The molecule has 3 aromatic rings. The molecule has 8 nitrogen and oxygen atoms in total. The van der Waals surface area contributed by atoms with Gasteiger partial charge in [0.25, 0.3) is 5.82 Å². The average Bonchev–Trinajstić information content (AvgIpc) is 3.14. The molecule has 138 valence electrons. The first-order chi connectivity index (χ1) is 12.3. The number of ether oxygens (including phenoxy) is 1. The number of halogens is 3. The van der Waals surface area contributed by atoms with E-state index in [0.717, 1.165) is 16.5 Å². The van der Waals surface area contributed by atoms with Gasteiger partial charge < -0.3 is 15.9 Å². The Morgan fingerprint density at radius 1 is 1.42 bits per heavy atom. The second kappa shape index (κ2) is 6.99. The highest BCUT2D eigenvalue weighted by molar-refractivity contribution is 7.99. The predicted octanol–water partition coefficient (Wildman–Crippen LogP) is 2.36. The molecule has 13 heteroatoms. The van der Waals surface area contributed by atoms with E-state index >= 15 is 0 Å². The summed E-state index contributed by atoms with van der Waals surface area (Å²) in [5, 5.41) is 9.05. The number of benzene rings is 1. The van der Waals surface area contributed by atoms with Crippen molar-refractivity contribution in [3.05, 3.63) is 24.0 Å². The fourth-order valence-electron chi connectivity index (χ4n) is 1.94. The van der Waals surface area contributed by atoms with Crippen LogP contribution in [0.3, 0.4) is 0 Å². The molecule has 0 fully saturated rings. The zero-order chi connectivity index (χ0) is 18.9. The van der Waals surface area contributed by atoms with Gasteiger partial charge in [-0.2, -0.15) is 13.2 Å². The van der Waals surface area contributed by atoms with Crippen LogP contribution in [0.1, 0.15) is 5.82 Å². The molecule has 1 aromatic carbocycles. The first-order valence-electron chi connectivity index (χ1n) is 6.93. The third-order valence-corrected chi connectivity index (χ3v) is 4.97. The summed E-state index contributed by atoms with van der Waals surface area (Å²) in [6.07, 6.45) is -4.72. The normalized spacial score (nSPS) is 11.7. The Morgan fingerprint density at radius 3 is 2.85 bits per heavy atom. The zero-order valence-electron chi connectivity index (χ0n) is 13.1. The van der Waals surface area contributed by atoms with Crippen molar-refractivity contribution >= 4 is 44.4 Å². The van der Waals surface area contributed by atoms with Crippen LogP contribution < -0.4 is 15.9 Å². The lowest BCUT2D eigenvalue weighted by atomic mass is 10.3. The number of thioether (sulfide) groups is 1. The number of aromatic nitrogens is 4. The van der Waals surface area contributed by atoms with Gasteiger partial charge in [-0.25, -0.2) is 9.66 Å². The molecular weight excluding hydrogens is 393 g/mol. The van der Waals surface area contributed by atoms with E-state index in [9.17, 15) is 18.0 Å². The third kappa shape index (κ3) is 3.83. The Bertz CT molecular complexity index is 955. The van der Waals surface area contributed by atoms with Gasteiger partial charge in [-0.05, 0) is 18.2 Å². The van der Waals surface area contributed by atoms with E-state index in [1.165, 1.54) is 11.3 Å². The van der Waals surface area contributed by atoms with Crippen molar-refractivity contribution in [2.75, 3.05) is 24.0 Å². The molecule has 2 heterocycles. The predicted molar refractivity (Wildman–Crippen MR) is 90.7 cm³/mol. The van der Waals surface area contributed by atoms with Crippen LogP contribution in [0.25, 0.3) is 10.2 Å². The molecular formula is C13H11F3N6O2S2. The van der Waals surface area contributed by atoms with Crippen molar-refractivity contribution in [1.29, 1.82) is 0 Å². The second-order valence-electron chi connectivity index (χ2n) is 4.86. The quantitative estimate of drug-likeness (QED) is 0.496. The highest BCUT2D eigenvalue weighted by Crippen LogP contribution is 2.30. The molecule has 0 saturated heterocycles. The number of nitrogens with two attached hydrogens (primary N) is 1. The first-order valence-corrected chi connectivity index (χ1v) is 8.73. The molecule has 0 bridgehead atoms. The Morgan fingerprint density at radius 2 is 2.19 bits per heavy atom. The monoisotopic (exact) mass is 404 g/mol. The fraction of sp³-hybridized carbons (Fsp3) is 0.231. The van der Waals surface area contributed by atoms with Gasteiger partial charge in [0, 0.05) is 0 Å². The maximum atomic E-state index is 12.6. The molecule has 0 aliphatic heterocycles. The molecule has 2 aromatic heterocycles. The highest BCUT2D eigenvalue weighted by Gasteiger charge is 2.38. The lowest BCUT2D eigenvalue weighted by Gasteiger charge is -2.05. The molecule has 0 saturated carbocycles. The summed E-state index contributed by atoms with van der Waals surface area (Å²) in [5.74, 6) is 3.97. The van der Waals surface area contributed by atoms with Gasteiger partial charge in [0.1, 0.15) is 5.75 Å². The number of nitrogen functional groups attached to an aromatic ring is 1. The molecule has 0 spiro atoms. The smallest absolute Gasteiger partial charge is 0.453 e. The van der Waals surface area contributed by atoms with E-state index in [0.29, 0.717) is 21.1 Å². The van der Waals surface area contributed by atoms with Crippen LogP contribution >= 0.6 is 23.1 Å². The van der Waals surface area contributed by atoms with Crippen LogP contribution in [0.2, 0.25) is 0 Å². The first kappa shape index (κ1) is 18.3. The van der Waals surface area contributed by atoms with E-state index in [4.69, 9.17) is 10.6 Å². The summed E-state index contributed by atoms with van der Waals surface area (Å²) in [6, 6.07) is 5.29. The van der Waals surface area contributed by atoms with Gasteiger partial charge in [-0.15, -0.1) is 10.2 Å². The minimum Gasteiger partial charge on any atom is -0.497 e. The van der Waals surface area contributed by atoms with Crippen molar-refractivity contribution < 1.29 is 22.7 Å². The number of carbonyl (C=O) groups excluding carboxylic acids is 1. The number of anilines is 1. The summed E-state index contributed by atoms with van der Waals surface area (Å²) in [7, 11) is 1.54. The number of carbonyl (C=O) groups is 1. The summed E-state index contributed by atoms with van der Waals surface area (Å²) in [6.45, 7) is 0. The summed E-state index contributed by atoms with van der Waals surface area (Å²) in [4.78, 5) is 16.2. The van der Waals surface area contributed by atoms with Crippen LogP contribution in [-0.4, -0.2) is 38.6 Å². The van der Waals surface area contributed by atoms with Crippen molar-refractivity contribution in [1.82, 2.24) is 19.9 Å². The number of rotatable bonds is 5. The van der Waals surface area contributed by atoms with Crippen LogP contribution in [0, 0.1) is 0 Å². The molecule has 1 amide bonds. The highest BCUT2D eigenvalue weighted by atomic mass is 32.2. The number of nitrogens with one attached hydrogen (secondary N) is 1. The molecule has 3 N–H and O–H groups in total. The molecule has 0 atom stereocenters. The number of fused-ring (bicyclic) bond motifs is 1. The van der Waals surface area contributed by atoms with Crippen LogP contribution in [0.5, 0.6) is 5.75 Å². The van der Waals surface area contributed by atoms with Gasteiger partial charge in [0.2, 0.25) is 11.1 Å². The van der Waals surface area contributed by atoms with E-state index in [-0.39, 0.29) is 10.9 Å². The number of thiazole rings is 1. The number of nitrogens with zero attached hydrogens (tertiary/aromatic N) is 4. The molecule has 0 aliphatic carbocycles. The van der Waals surface area contributed by atoms with Gasteiger partial charge in [-0.3, -0.25) is 4.79 Å². The van der Waals surface area contributed by atoms with Gasteiger partial charge in [0.05, 0.1) is 23.1 Å². The van der Waals surface area contributed by atoms with E-state index in [2.05, 4.69) is 20.5 Å². The molecule has 0 radical (unpaired) electrons. The number of alkyl halides is 3. The number of methoxy groups -OCH3 is 1. The summed E-state index contributed by atoms with van der Waals surface area (Å²) in [5.41, 5.74) is 0.690. The average molecular weight is 404 g/mol. The Labute approximate surface area is 152 Å². The molecule has 3 rings (SSSR count). The topological polar surface area (TPSA) is 108 Å². The van der Waals surface area contributed by atoms with Crippen LogP contribution in [0.4, 0.5) is 18.3 Å². The Balaban J connectivity index is 1.64. The van der Waals surface area contributed by atoms with E-state index < -0.39 is 17.9 Å². The standard InChI is InChI=1S/C13H11F3N6O2S2/c1-24-6-2-3-7-8(4-6)26-11(18-7)19-9(23)5-25-12-21-20-10(22(12)17)13(14,15)16/h2-4H,5,17H2,1H3,(H,18,19,23). The van der Waals surface area contributed by atoms with Gasteiger partial charge in [-0.1, -0.05) is 23.1 Å². The van der Waals surface area contributed by atoms with Crippen molar-refractivity contribution in [3.63, 3.8) is 0 Å². The van der Waals surface area contributed by atoms with Crippen molar-refractivity contribution in [2.45, 2.75) is 11.3 Å². The third-order valence-electron chi connectivity index (χ3n) is 3.09. The van der Waals surface area contributed by atoms with Gasteiger partial charge >= 0.3 is 6.18 Å². The molecule has 26 heavy (non-hydrogen) atoms.